The molecular formula is C13H18O7S2. The predicted molar refractivity (Wildman–Crippen MR) is 83.0 cm³/mol. The van der Waals surface area contributed by atoms with Crippen LogP contribution in [0.15, 0.2) is 30.8 Å². The van der Waals surface area contributed by atoms with Crippen molar-refractivity contribution in [2.75, 3.05) is 18.1 Å². The molecule has 0 spiro atoms. The highest BCUT2D eigenvalue weighted by Gasteiger charge is 2.35. The molecule has 22 heavy (non-hydrogen) atoms. The molecule has 0 aromatic heterocycles. The summed E-state index contributed by atoms with van der Waals surface area (Å²) in [5, 5.41) is 0. The van der Waals surface area contributed by atoms with Crippen LogP contribution in [0.4, 0.5) is 0 Å². The highest BCUT2D eigenvalue weighted by atomic mass is 32.2. The van der Waals surface area contributed by atoms with Crippen LogP contribution in [0.3, 0.4) is 0 Å². The van der Waals surface area contributed by atoms with E-state index in [0.29, 0.717) is 5.75 Å². The molecule has 0 fully saturated rings. The molecule has 124 valence electrons. The minimum absolute atomic E-state index is 0.319. The van der Waals surface area contributed by atoms with E-state index in [1.807, 2.05) is 0 Å². The van der Waals surface area contributed by atoms with Crippen LogP contribution >= 0.6 is 0 Å². The fourth-order valence-electron chi connectivity index (χ4n) is 1.96. The van der Waals surface area contributed by atoms with Crippen molar-refractivity contribution in [3.8, 4) is 5.75 Å². The Balaban J connectivity index is 2.90. The van der Waals surface area contributed by atoms with Crippen LogP contribution in [-0.4, -0.2) is 44.1 Å². The van der Waals surface area contributed by atoms with Crippen LogP contribution in [0, 0.1) is 5.41 Å². The van der Waals surface area contributed by atoms with Crippen LogP contribution in [0.2, 0.25) is 0 Å². The second-order valence-electron chi connectivity index (χ2n) is 5.32. The van der Waals surface area contributed by atoms with E-state index >= 15 is 0 Å². The van der Waals surface area contributed by atoms with Crippen LogP contribution in [-0.2, 0) is 20.2 Å². The Hall–Kier alpha value is -1.42. The van der Waals surface area contributed by atoms with E-state index < -0.39 is 37.2 Å². The fraction of sp³-hybridized carbons (Fsp3) is 0.385. The molecule has 0 bridgehead atoms. The average Bonchev–Trinajstić information content (AvgIpc) is 2.32. The smallest absolute Gasteiger partial charge is 0.265 e. The van der Waals surface area contributed by atoms with E-state index in [0.717, 1.165) is 5.56 Å². The quantitative estimate of drug-likeness (QED) is 0.682. The lowest BCUT2D eigenvalue weighted by Crippen LogP contribution is -2.39. The summed E-state index contributed by atoms with van der Waals surface area (Å²) >= 11 is 0. The molecule has 0 heterocycles. The van der Waals surface area contributed by atoms with Gasteiger partial charge in [-0.2, -0.15) is 16.8 Å². The summed E-state index contributed by atoms with van der Waals surface area (Å²) in [4.78, 5) is 0. The molecule has 0 aliphatic carbocycles. The van der Waals surface area contributed by atoms with Gasteiger partial charge in [0.25, 0.3) is 20.2 Å². The molecule has 0 saturated carbocycles. The lowest BCUT2D eigenvalue weighted by Gasteiger charge is -2.26. The molecule has 0 unspecified atom stereocenters. The second kappa shape index (κ2) is 6.78. The predicted octanol–water partition coefficient (Wildman–Crippen LogP) is 1.49. The van der Waals surface area contributed by atoms with Crippen molar-refractivity contribution in [2.24, 2.45) is 5.41 Å². The Bertz CT molecular complexity index is 684. The van der Waals surface area contributed by atoms with Gasteiger partial charge in [0.1, 0.15) is 5.75 Å². The summed E-state index contributed by atoms with van der Waals surface area (Å²) in [5.41, 5.74) is -0.649. The molecule has 9 heteroatoms. The fourth-order valence-corrected chi connectivity index (χ4v) is 4.22. The Morgan fingerprint density at radius 1 is 1.09 bits per heavy atom. The third-order valence-corrected chi connectivity index (χ3v) is 4.89. The topological polar surface area (TPSA) is 118 Å². The van der Waals surface area contributed by atoms with Gasteiger partial charge in [0.2, 0.25) is 0 Å². The minimum Gasteiger partial charge on any atom is -0.493 e. The molecule has 1 rings (SSSR count). The zero-order valence-electron chi connectivity index (χ0n) is 12.0. The average molecular weight is 350 g/mol. The maximum atomic E-state index is 11.0. The van der Waals surface area contributed by atoms with Gasteiger partial charge in [-0.25, -0.2) is 0 Å². The highest BCUT2D eigenvalue weighted by Crippen LogP contribution is 2.24. The van der Waals surface area contributed by atoms with E-state index in [4.69, 9.17) is 13.8 Å². The molecule has 7 nitrogen and oxygen atoms in total. The van der Waals surface area contributed by atoms with Crippen LogP contribution < -0.4 is 4.74 Å². The van der Waals surface area contributed by atoms with Crippen molar-refractivity contribution < 1.29 is 30.7 Å². The first kappa shape index (κ1) is 18.6. The SMILES string of the molecule is C=Cc1ccc(OCC(C)(CS(=O)(=O)O)CS(=O)(=O)O)cc1. The van der Waals surface area contributed by atoms with Gasteiger partial charge < -0.3 is 4.74 Å². The zero-order chi connectivity index (χ0) is 17.0. The van der Waals surface area contributed by atoms with Gasteiger partial charge in [-0.05, 0) is 17.7 Å². The summed E-state index contributed by atoms with van der Waals surface area (Å²) in [7, 11) is -8.88. The Morgan fingerprint density at radius 2 is 1.55 bits per heavy atom. The van der Waals surface area contributed by atoms with Crippen molar-refractivity contribution in [2.45, 2.75) is 6.92 Å². The maximum absolute atomic E-state index is 11.0. The van der Waals surface area contributed by atoms with Crippen molar-refractivity contribution in [3.63, 3.8) is 0 Å². The minimum atomic E-state index is -4.44. The Kier molecular flexibility index (Phi) is 5.74. The van der Waals surface area contributed by atoms with E-state index in [2.05, 4.69) is 6.58 Å². The van der Waals surface area contributed by atoms with E-state index in [9.17, 15) is 16.8 Å². The first-order valence-corrected chi connectivity index (χ1v) is 9.40. The van der Waals surface area contributed by atoms with Gasteiger partial charge in [-0.3, -0.25) is 9.11 Å². The molecule has 1 aromatic carbocycles. The van der Waals surface area contributed by atoms with Crippen molar-refractivity contribution in [1.82, 2.24) is 0 Å². The number of benzene rings is 1. The van der Waals surface area contributed by atoms with Gasteiger partial charge >= 0.3 is 0 Å². The summed E-state index contributed by atoms with van der Waals surface area (Å²) in [5.74, 6) is -1.32. The van der Waals surface area contributed by atoms with Gasteiger partial charge in [-0.1, -0.05) is 31.7 Å². The molecule has 1 aromatic rings. The molecule has 0 aliphatic heterocycles. The Morgan fingerprint density at radius 3 is 1.91 bits per heavy atom. The molecular weight excluding hydrogens is 332 g/mol. The highest BCUT2D eigenvalue weighted by molar-refractivity contribution is 7.86. The van der Waals surface area contributed by atoms with E-state index in [1.165, 1.54) is 6.92 Å². The summed E-state index contributed by atoms with van der Waals surface area (Å²) in [6.45, 7) is 4.56. The first-order chi connectivity index (χ1) is 9.92. The summed E-state index contributed by atoms with van der Waals surface area (Å²) in [6, 6.07) is 6.65. The molecule has 2 N–H and O–H groups in total. The largest absolute Gasteiger partial charge is 0.493 e. The number of hydrogen-bond donors (Lipinski definition) is 2. The molecule has 0 saturated heterocycles. The van der Waals surface area contributed by atoms with Crippen LogP contribution in [0.1, 0.15) is 12.5 Å². The van der Waals surface area contributed by atoms with Crippen LogP contribution in [0.25, 0.3) is 6.08 Å². The maximum Gasteiger partial charge on any atom is 0.265 e. The standard InChI is InChI=1S/C13H18O7S2/c1-3-11-4-6-12(7-5-11)20-8-13(2,9-21(14,15)16)10-22(17,18)19/h3-7H,1,8-10H2,2H3,(H,14,15,16)(H,17,18,19). The number of rotatable bonds is 8. The molecule has 0 atom stereocenters. The lowest BCUT2D eigenvalue weighted by atomic mass is 9.97. The van der Waals surface area contributed by atoms with Crippen molar-refractivity contribution in [3.05, 3.63) is 36.4 Å². The van der Waals surface area contributed by atoms with Gasteiger partial charge in [0.05, 0.1) is 18.1 Å². The zero-order valence-corrected chi connectivity index (χ0v) is 13.6. The van der Waals surface area contributed by atoms with Gasteiger partial charge in [0, 0.05) is 5.41 Å². The van der Waals surface area contributed by atoms with Gasteiger partial charge in [-0.15, -0.1) is 0 Å². The molecule has 0 radical (unpaired) electrons. The van der Waals surface area contributed by atoms with Gasteiger partial charge in [0.15, 0.2) is 0 Å². The lowest BCUT2D eigenvalue weighted by molar-refractivity contribution is 0.197. The third-order valence-electron chi connectivity index (χ3n) is 2.76. The van der Waals surface area contributed by atoms with Crippen molar-refractivity contribution >= 4 is 26.3 Å². The van der Waals surface area contributed by atoms with Crippen molar-refractivity contribution in [1.29, 1.82) is 0 Å². The third kappa shape index (κ3) is 7.03. The Labute approximate surface area is 130 Å². The van der Waals surface area contributed by atoms with E-state index in [-0.39, 0.29) is 6.61 Å². The summed E-state index contributed by atoms with van der Waals surface area (Å²) in [6.07, 6.45) is 1.63. The normalized spacial score (nSPS) is 12.9. The van der Waals surface area contributed by atoms with E-state index in [1.54, 1.807) is 30.3 Å². The second-order valence-corrected chi connectivity index (χ2v) is 8.23. The monoisotopic (exact) mass is 350 g/mol. The van der Waals surface area contributed by atoms with Crippen LogP contribution in [0.5, 0.6) is 5.75 Å². The number of ether oxygens (including phenoxy) is 1. The molecule has 0 amide bonds. The molecule has 0 aliphatic rings. The first-order valence-electron chi connectivity index (χ1n) is 6.18. The summed E-state index contributed by atoms with van der Waals surface area (Å²) < 4.78 is 67.4. The number of hydrogen-bond acceptors (Lipinski definition) is 5.